The van der Waals surface area contributed by atoms with Crippen LogP contribution in [0.15, 0.2) is 33.5 Å². The molecule has 0 saturated heterocycles. The molecule has 4 heteroatoms. The van der Waals surface area contributed by atoms with Gasteiger partial charge in [-0.05, 0) is 25.1 Å². The molecular formula is C11H9NO3. The number of nitrogens with two attached hydrogens (primary N) is 1. The maximum atomic E-state index is 11.4. The Labute approximate surface area is 85.3 Å². The van der Waals surface area contributed by atoms with Gasteiger partial charge >= 0.3 is 5.63 Å². The summed E-state index contributed by atoms with van der Waals surface area (Å²) in [6, 6.07) is 6.47. The number of carbonyl (C=O) groups is 1. The number of benzene rings is 1. The standard InChI is InChI=1S/C11H9NO3/c1-6(13)9-4-7-2-3-8(12)5-10(7)15-11(9)14/h2-5H,12H2,1H3. The van der Waals surface area contributed by atoms with Gasteiger partial charge in [0.25, 0.3) is 0 Å². The van der Waals surface area contributed by atoms with Crippen molar-refractivity contribution in [3.8, 4) is 0 Å². The Balaban J connectivity index is 2.82. The molecule has 0 saturated carbocycles. The highest BCUT2D eigenvalue weighted by atomic mass is 16.4. The van der Waals surface area contributed by atoms with E-state index < -0.39 is 5.63 Å². The second-order valence-corrected chi connectivity index (χ2v) is 3.30. The van der Waals surface area contributed by atoms with Crippen LogP contribution in [0.1, 0.15) is 17.3 Å². The van der Waals surface area contributed by atoms with Crippen molar-refractivity contribution in [1.29, 1.82) is 0 Å². The number of Topliss-reactive ketones (excluding diaryl/α,β-unsaturated/α-hetero) is 1. The molecule has 2 rings (SSSR count). The molecule has 2 aromatic rings. The van der Waals surface area contributed by atoms with E-state index in [1.54, 1.807) is 18.2 Å². The Bertz CT molecular complexity index is 598. The maximum absolute atomic E-state index is 11.4. The topological polar surface area (TPSA) is 73.3 Å². The second-order valence-electron chi connectivity index (χ2n) is 3.30. The monoisotopic (exact) mass is 203 g/mol. The Morgan fingerprint density at radius 2 is 2.07 bits per heavy atom. The largest absolute Gasteiger partial charge is 0.422 e. The van der Waals surface area contributed by atoms with Crippen LogP contribution in [-0.4, -0.2) is 5.78 Å². The molecule has 76 valence electrons. The van der Waals surface area contributed by atoms with E-state index in [-0.39, 0.29) is 11.3 Å². The van der Waals surface area contributed by atoms with Crippen LogP contribution in [0.4, 0.5) is 5.69 Å². The molecule has 0 atom stereocenters. The van der Waals surface area contributed by atoms with E-state index in [0.717, 1.165) is 0 Å². The van der Waals surface area contributed by atoms with Crippen LogP contribution >= 0.6 is 0 Å². The molecule has 15 heavy (non-hydrogen) atoms. The van der Waals surface area contributed by atoms with E-state index in [1.807, 2.05) is 0 Å². The summed E-state index contributed by atoms with van der Waals surface area (Å²) in [6.07, 6.45) is 0. The lowest BCUT2D eigenvalue weighted by atomic mass is 10.1. The molecule has 0 bridgehead atoms. The number of carbonyl (C=O) groups excluding carboxylic acids is 1. The van der Waals surface area contributed by atoms with Gasteiger partial charge in [0, 0.05) is 17.1 Å². The van der Waals surface area contributed by atoms with Crippen molar-refractivity contribution in [3.05, 3.63) is 40.2 Å². The van der Waals surface area contributed by atoms with Gasteiger partial charge in [-0.3, -0.25) is 4.79 Å². The first kappa shape index (κ1) is 9.45. The summed E-state index contributed by atoms with van der Waals surface area (Å²) in [5.41, 5.74) is 5.89. The number of anilines is 1. The number of fused-ring (bicyclic) bond motifs is 1. The highest BCUT2D eigenvalue weighted by Gasteiger charge is 2.08. The van der Waals surface area contributed by atoms with Crippen molar-refractivity contribution in [2.75, 3.05) is 5.73 Å². The average Bonchev–Trinajstić information content (AvgIpc) is 2.15. The van der Waals surface area contributed by atoms with Crippen molar-refractivity contribution in [2.45, 2.75) is 6.92 Å². The predicted octanol–water partition coefficient (Wildman–Crippen LogP) is 1.58. The summed E-state index contributed by atoms with van der Waals surface area (Å²) in [5.74, 6) is -0.303. The zero-order valence-corrected chi connectivity index (χ0v) is 8.11. The summed E-state index contributed by atoms with van der Waals surface area (Å²) in [5, 5.41) is 0.689. The number of ketones is 1. The fourth-order valence-corrected chi connectivity index (χ4v) is 1.37. The quantitative estimate of drug-likeness (QED) is 0.433. The minimum atomic E-state index is -0.624. The number of hydrogen-bond donors (Lipinski definition) is 1. The van der Waals surface area contributed by atoms with Crippen LogP contribution in [0.5, 0.6) is 0 Å². The molecule has 1 aromatic heterocycles. The zero-order valence-electron chi connectivity index (χ0n) is 8.11. The van der Waals surface area contributed by atoms with Crippen LogP contribution in [0.3, 0.4) is 0 Å². The lowest BCUT2D eigenvalue weighted by molar-refractivity contribution is 0.101. The van der Waals surface area contributed by atoms with Crippen molar-refractivity contribution in [3.63, 3.8) is 0 Å². The lowest BCUT2D eigenvalue weighted by Gasteiger charge is -1.99. The molecule has 0 amide bonds. The first-order valence-electron chi connectivity index (χ1n) is 4.42. The SMILES string of the molecule is CC(=O)c1cc2ccc(N)cc2oc1=O. The van der Waals surface area contributed by atoms with E-state index in [9.17, 15) is 9.59 Å². The Morgan fingerprint density at radius 1 is 1.33 bits per heavy atom. The van der Waals surface area contributed by atoms with Crippen LogP contribution in [0.25, 0.3) is 11.0 Å². The fourth-order valence-electron chi connectivity index (χ4n) is 1.37. The second kappa shape index (κ2) is 3.24. The minimum Gasteiger partial charge on any atom is -0.422 e. The van der Waals surface area contributed by atoms with Gasteiger partial charge in [0.2, 0.25) is 0 Å². The Hall–Kier alpha value is -2.10. The van der Waals surface area contributed by atoms with Crippen molar-refractivity contribution in [2.24, 2.45) is 0 Å². The van der Waals surface area contributed by atoms with Gasteiger partial charge in [-0.2, -0.15) is 0 Å². The molecular weight excluding hydrogens is 194 g/mol. The highest BCUT2D eigenvalue weighted by Crippen LogP contribution is 2.16. The molecule has 0 fully saturated rings. The van der Waals surface area contributed by atoms with Crippen LogP contribution in [0, 0.1) is 0 Å². The molecule has 0 aliphatic heterocycles. The van der Waals surface area contributed by atoms with E-state index in [4.69, 9.17) is 10.2 Å². The van der Waals surface area contributed by atoms with E-state index in [1.165, 1.54) is 13.0 Å². The lowest BCUT2D eigenvalue weighted by Crippen LogP contribution is -2.10. The summed E-state index contributed by atoms with van der Waals surface area (Å²) in [7, 11) is 0. The van der Waals surface area contributed by atoms with E-state index in [0.29, 0.717) is 16.7 Å². The van der Waals surface area contributed by atoms with Gasteiger partial charge in [0.1, 0.15) is 11.1 Å². The molecule has 2 N–H and O–H groups in total. The number of rotatable bonds is 1. The first-order chi connectivity index (χ1) is 7.08. The predicted molar refractivity (Wildman–Crippen MR) is 56.9 cm³/mol. The van der Waals surface area contributed by atoms with Gasteiger partial charge < -0.3 is 10.2 Å². The van der Waals surface area contributed by atoms with Gasteiger partial charge in [-0.15, -0.1) is 0 Å². The zero-order chi connectivity index (χ0) is 11.0. The molecule has 0 radical (unpaired) electrons. The average molecular weight is 203 g/mol. The van der Waals surface area contributed by atoms with Crippen LogP contribution in [-0.2, 0) is 0 Å². The van der Waals surface area contributed by atoms with Crippen molar-refractivity contribution >= 4 is 22.4 Å². The third-order valence-electron chi connectivity index (χ3n) is 2.14. The van der Waals surface area contributed by atoms with Gasteiger partial charge in [-0.25, -0.2) is 4.79 Å². The summed E-state index contributed by atoms with van der Waals surface area (Å²) in [6.45, 7) is 1.33. The third-order valence-corrected chi connectivity index (χ3v) is 2.14. The van der Waals surface area contributed by atoms with Crippen LogP contribution < -0.4 is 11.4 Å². The van der Waals surface area contributed by atoms with Crippen molar-refractivity contribution < 1.29 is 9.21 Å². The van der Waals surface area contributed by atoms with Crippen LogP contribution in [0.2, 0.25) is 0 Å². The molecule has 1 heterocycles. The summed E-state index contributed by atoms with van der Waals surface area (Å²) in [4.78, 5) is 22.4. The molecule has 0 aliphatic rings. The van der Waals surface area contributed by atoms with E-state index >= 15 is 0 Å². The van der Waals surface area contributed by atoms with E-state index in [2.05, 4.69) is 0 Å². The molecule has 0 aliphatic carbocycles. The third kappa shape index (κ3) is 1.61. The smallest absolute Gasteiger partial charge is 0.347 e. The normalized spacial score (nSPS) is 10.5. The van der Waals surface area contributed by atoms with Gasteiger partial charge in [0.05, 0.1) is 0 Å². The Morgan fingerprint density at radius 3 is 2.73 bits per heavy atom. The number of hydrogen-bond acceptors (Lipinski definition) is 4. The van der Waals surface area contributed by atoms with Gasteiger partial charge in [-0.1, -0.05) is 0 Å². The summed E-state index contributed by atoms with van der Waals surface area (Å²) < 4.78 is 4.98. The van der Waals surface area contributed by atoms with Gasteiger partial charge in [0.15, 0.2) is 5.78 Å². The summed E-state index contributed by atoms with van der Waals surface area (Å²) >= 11 is 0. The first-order valence-corrected chi connectivity index (χ1v) is 4.42. The molecule has 1 aromatic carbocycles. The fraction of sp³-hybridized carbons (Fsp3) is 0.0909. The molecule has 0 unspecified atom stereocenters. The Kier molecular flexibility index (Phi) is 2.04. The van der Waals surface area contributed by atoms with Crippen molar-refractivity contribution in [1.82, 2.24) is 0 Å². The molecule has 4 nitrogen and oxygen atoms in total. The number of nitrogen functional groups attached to an aromatic ring is 1. The maximum Gasteiger partial charge on any atom is 0.347 e. The highest BCUT2D eigenvalue weighted by molar-refractivity contribution is 5.96. The minimum absolute atomic E-state index is 0.0623. The molecule has 0 spiro atoms.